The van der Waals surface area contributed by atoms with E-state index in [1.807, 2.05) is 18.0 Å². The van der Waals surface area contributed by atoms with Gasteiger partial charge in [-0.05, 0) is 78.7 Å². The number of nitrogens with zero attached hydrogens (tertiary/aromatic N) is 2. The Balaban J connectivity index is 1.77. The van der Waals surface area contributed by atoms with E-state index in [4.69, 9.17) is 5.73 Å². The third kappa shape index (κ3) is 4.80. The lowest BCUT2D eigenvalue weighted by molar-refractivity contribution is 0.125. The standard InChI is InChI=1S/C22H38BN3OS/c1-16(8-13-21(2)10-4-5-11-21)17-7-6-12-22(23,28-3)18(17)15-26-14-9-19(24)25-20(26)27/h9,14,16-18H,4-8,10-13,15,23H2,1-3H3,(H2,24,25,27). The molecule has 28 heavy (non-hydrogen) atoms. The Morgan fingerprint density at radius 1 is 1.36 bits per heavy atom. The fraction of sp³-hybridized carbons (Fsp3) is 0.818. The molecule has 4 unspecified atom stereocenters. The zero-order valence-electron chi connectivity index (χ0n) is 18.2. The van der Waals surface area contributed by atoms with E-state index in [1.165, 1.54) is 57.8 Å². The van der Waals surface area contributed by atoms with Gasteiger partial charge in [-0.2, -0.15) is 16.7 Å². The SMILES string of the molecule is BC1(SC)CCCC(C(C)CCC2(C)CCCC2)C1Cn1ccc(N)nc1=O. The molecule has 2 saturated carbocycles. The van der Waals surface area contributed by atoms with E-state index in [0.717, 1.165) is 6.54 Å². The number of nitrogen functional groups attached to an aromatic ring is 1. The summed E-state index contributed by atoms with van der Waals surface area (Å²) in [4.78, 5) is 16.4. The van der Waals surface area contributed by atoms with Crippen LogP contribution in [0, 0.1) is 23.2 Å². The molecule has 0 aliphatic heterocycles. The van der Waals surface area contributed by atoms with E-state index < -0.39 is 0 Å². The molecule has 6 heteroatoms. The largest absolute Gasteiger partial charge is 0.383 e. The topological polar surface area (TPSA) is 60.9 Å². The van der Waals surface area contributed by atoms with Crippen LogP contribution in [0.2, 0.25) is 0 Å². The first-order chi connectivity index (χ1) is 13.3. The molecule has 0 aromatic carbocycles. The Morgan fingerprint density at radius 2 is 2.07 bits per heavy atom. The van der Waals surface area contributed by atoms with Gasteiger partial charge >= 0.3 is 5.69 Å². The zero-order valence-corrected chi connectivity index (χ0v) is 19.1. The van der Waals surface area contributed by atoms with Crippen molar-refractivity contribution < 1.29 is 0 Å². The first-order valence-electron chi connectivity index (χ1n) is 11.1. The molecule has 4 nitrogen and oxygen atoms in total. The minimum atomic E-state index is -0.209. The zero-order chi connectivity index (χ0) is 20.4. The van der Waals surface area contributed by atoms with Crippen molar-refractivity contribution >= 4 is 25.4 Å². The lowest BCUT2D eigenvalue weighted by atomic mass is 9.59. The lowest BCUT2D eigenvalue weighted by Crippen LogP contribution is -2.48. The van der Waals surface area contributed by atoms with E-state index in [0.29, 0.717) is 29.0 Å². The highest BCUT2D eigenvalue weighted by Crippen LogP contribution is 2.49. The molecule has 0 radical (unpaired) electrons. The molecule has 1 heterocycles. The van der Waals surface area contributed by atoms with Crippen molar-refractivity contribution in [2.75, 3.05) is 12.0 Å². The van der Waals surface area contributed by atoms with Crippen LogP contribution in [-0.2, 0) is 6.54 Å². The van der Waals surface area contributed by atoms with Crippen molar-refractivity contribution in [1.29, 1.82) is 0 Å². The van der Waals surface area contributed by atoms with Gasteiger partial charge in [-0.25, -0.2) is 4.79 Å². The minimum Gasteiger partial charge on any atom is -0.383 e. The third-order valence-corrected chi connectivity index (χ3v) is 9.45. The fourth-order valence-corrected chi connectivity index (χ4v) is 6.75. The van der Waals surface area contributed by atoms with E-state index in [2.05, 4.69) is 32.9 Å². The van der Waals surface area contributed by atoms with Gasteiger partial charge in [0.15, 0.2) is 0 Å². The van der Waals surface area contributed by atoms with Gasteiger partial charge in [0.25, 0.3) is 0 Å². The summed E-state index contributed by atoms with van der Waals surface area (Å²) in [6, 6.07) is 1.75. The highest BCUT2D eigenvalue weighted by atomic mass is 32.2. The maximum Gasteiger partial charge on any atom is 0.349 e. The maximum atomic E-state index is 12.4. The van der Waals surface area contributed by atoms with Crippen LogP contribution in [0.25, 0.3) is 0 Å². The van der Waals surface area contributed by atoms with Crippen LogP contribution in [0.15, 0.2) is 17.1 Å². The van der Waals surface area contributed by atoms with Crippen molar-refractivity contribution in [3.8, 4) is 0 Å². The summed E-state index contributed by atoms with van der Waals surface area (Å²) in [5.41, 5.74) is 6.06. The van der Waals surface area contributed by atoms with Crippen LogP contribution in [-0.4, -0.2) is 28.3 Å². The molecule has 0 saturated heterocycles. The van der Waals surface area contributed by atoms with E-state index >= 15 is 0 Å². The highest BCUT2D eigenvalue weighted by molar-refractivity contribution is 8.01. The summed E-state index contributed by atoms with van der Waals surface area (Å²) < 4.78 is 2.01. The van der Waals surface area contributed by atoms with Crippen molar-refractivity contribution in [2.24, 2.45) is 23.2 Å². The maximum absolute atomic E-state index is 12.4. The second-order valence-corrected chi connectivity index (χ2v) is 11.3. The number of aromatic nitrogens is 2. The number of hydrogen-bond acceptors (Lipinski definition) is 4. The summed E-state index contributed by atoms with van der Waals surface area (Å²) in [7, 11) is 2.41. The molecule has 1 aromatic heterocycles. The van der Waals surface area contributed by atoms with Gasteiger partial charge in [0.1, 0.15) is 13.7 Å². The summed E-state index contributed by atoms with van der Waals surface area (Å²) in [6.45, 7) is 5.72. The molecule has 2 aliphatic carbocycles. The monoisotopic (exact) mass is 403 g/mol. The Hall–Kier alpha value is -0.905. The van der Waals surface area contributed by atoms with Crippen molar-refractivity contribution in [1.82, 2.24) is 9.55 Å². The van der Waals surface area contributed by atoms with Crippen molar-refractivity contribution in [3.63, 3.8) is 0 Å². The van der Waals surface area contributed by atoms with Crippen molar-refractivity contribution in [3.05, 3.63) is 22.7 Å². The fourth-order valence-electron chi connectivity index (χ4n) is 5.85. The third-order valence-electron chi connectivity index (χ3n) is 8.01. The van der Waals surface area contributed by atoms with Gasteiger partial charge in [-0.3, -0.25) is 4.57 Å². The number of nitrogens with two attached hydrogens (primary N) is 1. The van der Waals surface area contributed by atoms with E-state index in [-0.39, 0.29) is 10.3 Å². The van der Waals surface area contributed by atoms with Crippen LogP contribution in [0.5, 0.6) is 0 Å². The first-order valence-corrected chi connectivity index (χ1v) is 12.4. The molecule has 0 amide bonds. The highest BCUT2D eigenvalue weighted by Gasteiger charge is 2.44. The van der Waals surface area contributed by atoms with Gasteiger partial charge in [0, 0.05) is 12.7 Å². The molecular formula is C22H38BN3OS. The first kappa shape index (κ1) is 21.8. The Morgan fingerprint density at radius 3 is 2.71 bits per heavy atom. The summed E-state index contributed by atoms with van der Waals surface area (Å²) in [6.07, 6.45) is 16.2. The average molecular weight is 403 g/mol. The Kier molecular flexibility index (Phi) is 6.89. The normalized spacial score (nSPS) is 31.0. The van der Waals surface area contributed by atoms with Gasteiger partial charge in [0.05, 0.1) is 0 Å². The molecule has 4 atom stereocenters. The molecule has 2 aliphatic rings. The molecule has 0 bridgehead atoms. The molecule has 0 spiro atoms. The Labute approximate surface area is 175 Å². The lowest BCUT2D eigenvalue weighted by Gasteiger charge is -2.48. The second kappa shape index (κ2) is 8.85. The minimum absolute atomic E-state index is 0.209. The number of thioether (sulfide) groups is 1. The van der Waals surface area contributed by atoms with Crippen LogP contribution >= 0.6 is 11.8 Å². The quantitative estimate of drug-likeness (QED) is 0.701. The molecule has 2 fully saturated rings. The van der Waals surface area contributed by atoms with E-state index in [9.17, 15) is 4.79 Å². The van der Waals surface area contributed by atoms with Crippen LogP contribution < -0.4 is 11.4 Å². The molecule has 3 rings (SSSR count). The second-order valence-electron chi connectivity index (χ2n) is 10.0. The average Bonchev–Trinajstić information content (AvgIpc) is 3.10. The summed E-state index contributed by atoms with van der Waals surface area (Å²) in [5, 5.41) is 0. The predicted molar refractivity (Wildman–Crippen MR) is 124 cm³/mol. The number of hydrogen-bond donors (Lipinski definition) is 1. The van der Waals surface area contributed by atoms with Gasteiger partial charge in [-0.15, -0.1) is 0 Å². The Bertz CT molecular complexity index is 718. The van der Waals surface area contributed by atoms with Gasteiger partial charge in [0.2, 0.25) is 0 Å². The van der Waals surface area contributed by atoms with Gasteiger partial charge < -0.3 is 5.73 Å². The van der Waals surface area contributed by atoms with E-state index in [1.54, 1.807) is 10.6 Å². The molecule has 2 N–H and O–H groups in total. The predicted octanol–water partition coefficient (Wildman–Crippen LogP) is 3.93. The summed E-state index contributed by atoms with van der Waals surface area (Å²) >= 11 is 1.99. The van der Waals surface area contributed by atoms with Crippen LogP contribution in [0.1, 0.15) is 71.6 Å². The van der Waals surface area contributed by atoms with Crippen LogP contribution in [0.4, 0.5) is 5.82 Å². The summed E-state index contributed by atoms with van der Waals surface area (Å²) in [5.74, 6) is 2.17. The van der Waals surface area contributed by atoms with Crippen LogP contribution in [0.3, 0.4) is 0 Å². The molecular weight excluding hydrogens is 365 g/mol. The number of rotatable bonds is 7. The molecule has 1 aromatic rings. The smallest absolute Gasteiger partial charge is 0.349 e. The number of anilines is 1. The van der Waals surface area contributed by atoms with Crippen molar-refractivity contribution in [2.45, 2.75) is 82.8 Å². The van der Waals surface area contributed by atoms with Gasteiger partial charge in [-0.1, -0.05) is 33.1 Å². The molecule has 156 valence electrons.